The highest BCUT2D eigenvalue weighted by molar-refractivity contribution is 6.30. The van der Waals surface area contributed by atoms with Crippen LogP contribution in [0.5, 0.6) is 0 Å². The van der Waals surface area contributed by atoms with E-state index < -0.39 is 17.4 Å². The molecule has 1 aliphatic rings. The van der Waals surface area contributed by atoms with Gasteiger partial charge in [-0.25, -0.2) is 0 Å². The zero-order valence-corrected chi connectivity index (χ0v) is 12.0. The van der Waals surface area contributed by atoms with Crippen molar-refractivity contribution in [3.8, 4) is 0 Å². The maximum absolute atomic E-state index is 12.3. The maximum Gasteiger partial charge on any atom is 0.252 e. The number of imide groups is 1. The number of nitrogens with one attached hydrogen (secondary N) is 1. The van der Waals surface area contributed by atoms with Crippen LogP contribution in [0, 0.1) is 0 Å². The number of carbonyl (C=O) groups is 3. The molecule has 0 aliphatic carbocycles. The summed E-state index contributed by atoms with van der Waals surface area (Å²) in [5.74, 6) is -1.21. The number of nitrogens with zero attached hydrogens (tertiary/aromatic N) is 1. The fourth-order valence-corrected chi connectivity index (χ4v) is 2.31. The number of piperazine rings is 1. The second-order valence-corrected chi connectivity index (χ2v) is 5.66. The van der Waals surface area contributed by atoms with Crippen LogP contribution in [0.25, 0.3) is 0 Å². The molecular formula is C14H15ClN2O3. The first-order valence-electron chi connectivity index (χ1n) is 6.20. The molecule has 0 radical (unpaired) electrons. The molecule has 1 N–H and O–H groups in total. The maximum atomic E-state index is 12.3. The Morgan fingerprint density at radius 1 is 1.40 bits per heavy atom. The van der Waals surface area contributed by atoms with Crippen LogP contribution in [-0.2, 0) is 20.8 Å². The Balaban J connectivity index is 2.19. The van der Waals surface area contributed by atoms with Gasteiger partial charge in [-0.3, -0.25) is 19.7 Å². The van der Waals surface area contributed by atoms with E-state index >= 15 is 0 Å². The summed E-state index contributed by atoms with van der Waals surface area (Å²) in [5, 5.41) is 2.78. The van der Waals surface area contributed by atoms with Crippen LogP contribution in [0.3, 0.4) is 0 Å². The Morgan fingerprint density at radius 3 is 2.75 bits per heavy atom. The molecule has 1 aliphatic heterocycles. The fraction of sp³-hybridized carbons (Fsp3) is 0.357. The van der Waals surface area contributed by atoms with Crippen molar-refractivity contribution in [2.24, 2.45) is 0 Å². The highest BCUT2D eigenvalue weighted by Crippen LogP contribution is 2.20. The molecule has 2 rings (SSSR count). The van der Waals surface area contributed by atoms with E-state index in [0.717, 1.165) is 5.56 Å². The summed E-state index contributed by atoms with van der Waals surface area (Å²) in [6.45, 7) is 3.12. The van der Waals surface area contributed by atoms with Gasteiger partial charge in [0.2, 0.25) is 11.8 Å². The summed E-state index contributed by atoms with van der Waals surface area (Å²) in [4.78, 5) is 36.9. The van der Waals surface area contributed by atoms with Crippen molar-refractivity contribution in [2.75, 3.05) is 6.54 Å². The Bertz CT molecular complexity index is 584. The largest absolute Gasteiger partial charge is 0.319 e. The molecule has 0 atom stereocenters. The van der Waals surface area contributed by atoms with Gasteiger partial charge in [-0.2, -0.15) is 0 Å². The van der Waals surface area contributed by atoms with Gasteiger partial charge < -0.3 is 4.90 Å². The molecule has 1 aromatic carbocycles. The summed E-state index contributed by atoms with van der Waals surface area (Å²) < 4.78 is 0. The highest BCUT2D eigenvalue weighted by Gasteiger charge is 2.43. The Hall–Kier alpha value is -1.88. The van der Waals surface area contributed by atoms with Gasteiger partial charge in [0.05, 0.1) is 6.42 Å². The van der Waals surface area contributed by atoms with Gasteiger partial charge in [-0.05, 0) is 31.5 Å². The summed E-state index contributed by atoms with van der Waals surface area (Å²) >= 11 is 5.87. The summed E-state index contributed by atoms with van der Waals surface area (Å²) in [6.07, 6.45) is 0.102. The van der Waals surface area contributed by atoms with Crippen molar-refractivity contribution < 1.29 is 14.4 Å². The molecule has 3 amide bonds. The van der Waals surface area contributed by atoms with Crippen LogP contribution in [0.4, 0.5) is 0 Å². The van der Waals surface area contributed by atoms with E-state index in [0.29, 0.717) is 5.02 Å². The third-order valence-corrected chi connectivity index (χ3v) is 3.57. The molecule has 5 nitrogen and oxygen atoms in total. The molecule has 1 heterocycles. The lowest BCUT2D eigenvalue weighted by Gasteiger charge is -2.40. The lowest BCUT2D eigenvalue weighted by Crippen LogP contribution is -2.65. The number of rotatable bonds is 2. The van der Waals surface area contributed by atoms with E-state index in [4.69, 9.17) is 11.6 Å². The Kier molecular flexibility index (Phi) is 3.81. The molecule has 0 spiro atoms. The van der Waals surface area contributed by atoms with Crippen LogP contribution in [0.15, 0.2) is 24.3 Å². The highest BCUT2D eigenvalue weighted by atomic mass is 35.5. The number of hydrogen-bond donors (Lipinski definition) is 1. The van der Waals surface area contributed by atoms with E-state index in [1.807, 2.05) is 0 Å². The van der Waals surface area contributed by atoms with E-state index in [1.54, 1.807) is 38.1 Å². The van der Waals surface area contributed by atoms with Crippen LogP contribution in [-0.4, -0.2) is 34.7 Å². The number of halogens is 1. The summed E-state index contributed by atoms with van der Waals surface area (Å²) in [6, 6.07) is 6.95. The fourth-order valence-electron chi connectivity index (χ4n) is 2.10. The van der Waals surface area contributed by atoms with E-state index in [1.165, 1.54) is 4.90 Å². The van der Waals surface area contributed by atoms with Crippen molar-refractivity contribution >= 4 is 29.3 Å². The molecule has 106 valence electrons. The van der Waals surface area contributed by atoms with Gasteiger partial charge in [0, 0.05) is 5.02 Å². The molecule has 0 aromatic heterocycles. The van der Waals surface area contributed by atoms with Gasteiger partial charge in [-0.1, -0.05) is 23.7 Å². The second-order valence-electron chi connectivity index (χ2n) is 5.22. The van der Waals surface area contributed by atoms with Crippen LogP contribution in [0.2, 0.25) is 5.02 Å². The van der Waals surface area contributed by atoms with Crippen LogP contribution >= 0.6 is 11.6 Å². The lowest BCUT2D eigenvalue weighted by atomic mass is 9.97. The van der Waals surface area contributed by atoms with E-state index in [-0.39, 0.29) is 18.9 Å². The molecule has 6 heteroatoms. The van der Waals surface area contributed by atoms with Crippen molar-refractivity contribution in [2.45, 2.75) is 25.8 Å². The quantitative estimate of drug-likeness (QED) is 0.832. The van der Waals surface area contributed by atoms with E-state index in [2.05, 4.69) is 5.32 Å². The Morgan fingerprint density at radius 2 is 2.10 bits per heavy atom. The smallest absolute Gasteiger partial charge is 0.252 e. The van der Waals surface area contributed by atoms with Gasteiger partial charge >= 0.3 is 0 Å². The van der Waals surface area contributed by atoms with Gasteiger partial charge in [0.15, 0.2) is 0 Å². The molecule has 0 bridgehead atoms. The average molecular weight is 295 g/mol. The van der Waals surface area contributed by atoms with Crippen molar-refractivity contribution in [1.82, 2.24) is 10.2 Å². The van der Waals surface area contributed by atoms with E-state index in [9.17, 15) is 14.4 Å². The third kappa shape index (κ3) is 2.82. The van der Waals surface area contributed by atoms with Crippen molar-refractivity contribution in [1.29, 1.82) is 0 Å². The molecule has 1 aromatic rings. The normalized spacial score (nSPS) is 17.9. The summed E-state index contributed by atoms with van der Waals surface area (Å²) in [7, 11) is 0. The predicted octanol–water partition coefficient (Wildman–Crippen LogP) is 1.15. The minimum atomic E-state index is -1.04. The van der Waals surface area contributed by atoms with Gasteiger partial charge in [-0.15, -0.1) is 0 Å². The standard InChI is InChI=1S/C14H15ClN2O3/c1-14(2)13(20)16-11(18)8-17(14)12(19)7-9-4-3-5-10(15)6-9/h3-6H,7-8H2,1-2H3,(H,16,18,20). The number of carbonyl (C=O) groups excluding carboxylic acids is 3. The molecular weight excluding hydrogens is 280 g/mol. The predicted molar refractivity (Wildman–Crippen MR) is 74.1 cm³/mol. The first-order valence-corrected chi connectivity index (χ1v) is 6.57. The molecule has 1 saturated heterocycles. The molecule has 0 unspecified atom stereocenters. The number of amides is 3. The first-order chi connectivity index (χ1) is 9.30. The second kappa shape index (κ2) is 5.25. The van der Waals surface area contributed by atoms with Gasteiger partial charge in [0.25, 0.3) is 5.91 Å². The lowest BCUT2D eigenvalue weighted by molar-refractivity contribution is -0.155. The SMILES string of the molecule is CC1(C)C(=O)NC(=O)CN1C(=O)Cc1cccc(Cl)c1. The zero-order valence-electron chi connectivity index (χ0n) is 11.3. The first kappa shape index (κ1) is 14.5. The van der Waals surface area contributed by atoms with Crippen molar-refractivity contribution in [3.63, 3.8) is 0 Å². The topological polar surface area (TPSA) is 66.5 Å². The third-order valence-electron chi connectivity index (χ3n) is 3.33. The van der Waals surface area contributed by atoms with Crippen LogP contribution < -0.4 is 5.32 Å². The number of hydrogen-bond acceptors (Lipinski definition) is 3. The number of benzene rings is 1. The Labute approximate surface area is 121 Å². The minimum absolute atomic E-state index is 0.102. The molecule has 1 fully saturated rings. The zero-order chi connectivity index (χ0) is 14.9. The van der Waals surface area contributed by atoms with Gasteiger partial charge in [0.1, 0.15) is 12.1 Å². The summed E-state index contributed by atoms with van der Waals surface area (Å²) in [5.41, 5.74) is -0.291. The van der Waals surface area contributed by atoms with Crippen LogP contribution in [0.1, 0.15) is 19.4 Å². The molecule has 20 heavy (non-hydrogen) atoms. The minimum Gasteiger partial charge on any atom is -0.319 e. The van der Waals surface area contributed by atoms with Crippen molar-refractivity contribution in [3.05, 3.63) is 34.9 Å². The monoisotopic (exact) mass is 294 g/mol. The average Bonchev–Trinajstić information content (AvgIpc) is 2.34. The molecule has 0 saturated carbocycles.